The lowest BCUT2D eigenvalue weighted by atomic mass is 10.2. The summed E-state index contributed by atoms with van der Waals surface area (Å²) in [6, 6.07) is 13.5. The van der Waals surface area contributed by atoms with Crippen LogP contribution in [0.25, 0.3) is 23.2 Å². The van der Waals surface area contributed by atoms with Crippen molar-refractivity contribution in [3.8, 4) is 5.75 Å². The van der Waals surface area contributed by atoms with Gasteiger partial charge in [0.15, 0.2) is 5.82 Å². The SMILES string of the molecule is COc1ccc(/C=C/c2nc3s/c(=C/c4ccc([N+](=O)[O-])cc4)c(=O)n3n2)cc1. The fourth-order valence-electron chi connectivity index (χ4n) is 2.65. The number of thiazole rings is 1. The number of ether oxygens (including phenoxy) is 1. The van der Waals surface area contributed by atoms with Crippen LogP contribution in [0.1, 0.15) is 17.0 Å². The number of nitro groups is 1. The van der Waals surface area contributed by atoms with Crippen LogP contribution in [0.3, 0.4) is 0 Å². The molecule has 0 spiro atoms. The van der Waals surface area contributed by atoms with Crippen molar-refractivity contribution < 1.29 is 9.66 Å². The van der Waals surface area contributed by atoms with Gasteiger partial charge >= 0.3 is 0 Å². The number of nitro benzene ring substituents is 1. The van der Waals surface area contributed by atoms with Gasteiger partial charge in [-0.2, -0.15) is 9.50 Å². The molecule has 0 saturated heterocycles. The van der Waals surface area contributed by atoms with Gasteiger partial charge in [0.2, 0.25) is 4.96 Å². The molecule has 0 aliphatic rings. The predicted octanol–water partition coefficient (Wildman–Crippen LogP) is 2.79. The van der Waals surface area contributed by atoms with Crippen LogP contribution in [-0.4, -0.2) is 26.6 Å². The van der Waals surface area contributed by atoms with E-state index in [0.29, 0.717) is 20.9 Å². The van der Waals surface area contributed by atoms with Gasteiger partial charge in [-0.15, -0.1) is 5.10 Å². The van der Waals surface area contributed by atoms with Gasteiger partial charge in [0.25, 0.3) is 11.2 Å². The second-order valence-electron chi connectivity index (χ2n) is 6.04. The molecule has 4 rings (SSSR count). The van der Waals surface area contributed by atoms with Crippen molar-refractivity contribution in [1.29, 1.82) is 0 Å². The average Bonchev–Trinajstić information content (AvgIpc) is 3.26. The zero-order valence-corrected chi connectivity index (χ0v) is 16.0. The minimum absolute atomic E-state index is 0.000403. The number of aromatic nitrogens is 3. The molecule has 0 amide bonds. The van der Waals surface area contributed by atoms with Gasteiger partial charge < -0.3 is 4.74 Å². The Bertz CT molecular complexity index is 1320. The summed E-state index contributed by atoms with van der Waals surface area (Å²) in [5.41, 5.74) is 1.37. The van der Waals surface area contributed by atoms with Gasteiger partial charge in [0.1, 0.15) is 5.75 Å². The molecule has 0 unspecified atom stereocenters. The summed E-state index contributed by atoms with van der Waals surface area (Å²) in [5, 5.41) is 15.0. The van der Waals surface area contributed by atoms with E-state index >= 15 is 0 Å². The molecule has 144 valence electrons. The summed E-state index contributed by atoms with van der Waals surface area (Å²) >= 11 is 1.21. The van der Waals surface area contributed by atoms with Crippen LogP contribution in [0.15, 0.2) is 53.3 Å². The maximum absolute atomic E-state index is 12.6. The van der Waals surface area contributed by atoms with Crippen LogP contribution in [0.2, 0.25) is 0 Å². The number of methoxy groups -OCH3 is 1. The number of fused-ring (bicyclic) bond motifs is 1. The summed E-state index contributed by atoms with van der Waals surface area (Å²) < 4.78 is 6.84. The number of non-ortho nitro benzene ring substituents is 1. The van der Waals surface area contributed by atoms with Crippen molar-refractivity contribution in [2.24, 2.45) is 0 Å². The van der Waals surface area contributed by atoms with Gasteiger partial charge in [0, 0.05) is 12.1 Å². The Morgan fingerprint density at radius 3 is 2.38 bits per heavy atom. The standard InChI is InChI=1S/C20H14N4O4S/c1-28-16-9-4-13(5-10-16)6-11-18-21-20-23(22-18)19(25)17(29-20)12-14-2-7-15(8-3-14)24(26)27/h2-12H,1H3/b11-6+,17-12+. The van der Waals surface area contributed by atoms with E-state index in [1.54, 1.807) is 31.4 Å². The fraction of sp³-hybridized carbons (Fsp3) is 0.0500. The van der Waals surface area contributed by atoms with Gasteiger partial charge in [0.05, 0.1) is 16.6 Å². The van der Waals surface area contributed by atoms with Crippen molar-refractivity contribution in [3.63, 3.8) is 0 Å². The molecule has 0 atom stereocenters. The number of hydrogen-bond acceptors (Lipinski definition) is 7. The van der Waals surface area contributed by atoms with Gasteiger partial charge in [-0.1, -0.05) is 29.5 Å². The lowest BCUT2D eigenvalue weighted by Gasteiger charge is -1.98. The second-order valence-corrected chi connectivity index (χ2v) is 7.04. The quantitative estimate of drug-likeness (QED) is 0.373. The van der Waals surface area contributed by atoms with E-state index in [1.807, 2.05) is 30.3 Å². The molecule has 0 radical (unpaired) electrons. The highest BCUT2D eigenvalue weighted by Crippen LogP contribution is 2.14. The third-order valence-corrected chi connectivity index (χ3v) is 5.10. The third kappa shape index (κ3) is 3.90. The summed E-state index contributed by atoms with van der Waals surface area (Å²) in [7, 11) is 1.61. The normalized spacial score (nSPS) is 12.1. The van der Waals surface area contributed by atoms with E-state index in [1.165, 1.54) is 28.0 Å². The second kappa shape index (κ2) is 7.64. The minimum atomic E-state index is -0.465. The van der Waals surface area contributed by atoms with E-state index in [2.05, 4.69) is 10.1 Å². The first-order valence-electron chi connectivity index (χ1n) is 8.51. The first-order chi connectivity index (χ1) is 14.0. The van der Waals surface area contributed by atoms with Gasteiger partial charge in [-0.25, -0.2) is 0 Å². The van der Waals surface area contributed by atoms with Crippen molar-refractivity contribution in [3.05, 3.63) is 90.5 Å². The van der Waals surface area contributed by atoms with Crippen LogP contribution >= 0.6 is 11.3 Å². The molecule has 2 aromatic heterocycles. The Hall–Kier alpha value is -3.85. The largest absolute Gasteiger partial charge is 0.497 e. The van der Waals surface area contributed by atoms with Crippen LogP contribution in [0, 0.1) is 10.1 Å². The van der Waals surface area contributed by atoms with Crippen LogP contribution in [0.5, 0.6) is 5.75 Å². The molecule has 2 aromatic carbocycles. The first-order valence-corrected chi connectivity index (χ1v) is 9.33. The zero-order valence-electron chi connectivity index (χ0n) is 15.2. The van der Waals surface area contributed by atoms with E-state index in [4.69, 9.17) is 4.74 Å². The fourth-order valence-corrected chi connectivity index (χ4v) is 3.56. The summed E-state index contributed by atoms with van der Waals surface area (Å²) in [4.78, 5) is 27.7. The maximum atomic E-state index is 12.6. The molecule has 0 N–H and O–H groups in total. The molecule has 0 fully saturated rings. The number of rotatable bonds is 5. The zero-order chi connectivity index (χ0) is 20.4. The average molecular weight is 406 g/mol. The molecule has 0 bridgehead atoms. The molecule has 29 heavy (non-hydrogen) atoms. The highest BCUT2D eigenvalue weighted by atomic mass is 32.1. The molecular weight excluding hydrogens is 392 g/mol. The molecule has 9 heteroatoms. The predicted molar refractivity (Wildman–Crippen MR) is 111 cm³/mol. The van der Waals surface area contributed by atoms with Crippen molar-refractivity contribution >= 4 is 40.2 Å². The maximum Gasteiger partial charge on any atom is 0.291 e. The molecule has 0 aliphatic heterocycles. The summed E-state index contributed by atoms with van der Waals surface area (Å²) in [5.74, 6) is 1.21. The molecule has 0 aliphatic carbocycles. The number of nitrogens with zero attached hydrogens (tertiary/aromatic N) is 4. The Morgan fingerprint density at radius 2 is 1.76 bits per heavy atom. The van der Waals surface area contributed by atoms with Crippen LogP contribution in [0.4, 0.5) is 5.69 Å². The Kier molecular flexibility index (Phi) is 4.88. The molecule has 4 aromatic rings. The summed E-state index contributed by atoms with van der Waals surface area (Å²) in [6.45, 7) is 0. The highest BCUT2D eigenvalue weighted by Gasteiger charge is 2.09. The minimum Gasteiger partial charge on any atom is -0.497 e. The Balaban J connectivity index is 1.60. The van der Waals surface area contributed by atoms with E-state index in [0.717, 1.165) is 11.3 Å². The smallest absolute Gasteiger partial charge is 0.291 e. The number of hydrogen-bond donors (Lipinski definition) is 0. The monoisotopic (exact) mass is 406 g/mol. The molecular formula is C20H14N4O4S. The van der Waals surface area contributed by atoms with Gasteiger partial charge in [-0.05, 0) is 47.5 Å². The Morgan fingerprint density at radius 1 is 1.07 bits per heavy atom. The molecule has 2 heterocycles. The highest BCUT2D eigenvalue weighted by molar-refractivity contribution is 7.15. The third-order valence-electron chi connectivity index (χ3n) is 4.14. The number of benzene rings is 2. The van der Waals surface area contributed by atoms with Crippen molar-refractivity contribution in [1.82, 2.24) is 14.6 Å². The molecule has 8 nitrogen and oxygen atoms in total. The van der Waals surface area contributed by atoms with Gasteiger partial charge in [-0.3, -0.25) is 14.9 Å². The van der Waals surface area contributed by atoms with E-state index in [-0.39, 0.29) is 11.2 Å². The van der Waals surface area contributed by atoms with Crippen LogP contribution in [-0.2, 0) is 0 Å². The lowest BCUT2D eigenvalue weighted by Crippen LogP contribution is -2.23. The molecule has 0 saturated carbocycles. The lowest BCUT2D eigenvalue weighted by molar-refractivity contribution is -0.384. The Labute approximate surface area is 168 Å². The van der Waals surface area contributed by atoms with Crippen molar-refractivity contribution in [2.75, 3.05) is 7.11 Å². The van der Waals surface area contributed by atoms with E-state index in [9.17, 15) is 14.9 Å². The van der Waals surface area contributed by atoms with Crippen molar-refractivity contribution in [2.45, 2.75) is 0 Å². The topological polar surface area (TPSA) is 99.6 Å². The first kappa shape index (κ1) is 18.5. The summed E-state index contributed by atoms with van der Waals surface area (Å²) in [6.07, 6.45) is 5.26. The van der Waals surface area contributed by atoms with Crippen LogP contribution < -0.4 is 14.8 Å². The van der Waals surface area contributed by atoms with E-state index < -0.39 is 4.92 Å².